The van der Waals surface area contributed by atoms with Crippen LogP contribution >= 0.6 is 0 Å². The summed E-state index contributed by atoms with van der Waals surface area (Å²) in [4.78, 5) is 35.8. The maximum absolute atomic E-state index is 14.0. The molecule has 1 saturated heterocycles. The summed E-state index contributed by atoms with van der Waals surface area (Å²) in [5.41, 5.74) is 0. The van der Waals surface area contributed by atoms with E-state index in [4.69, 9.17) is 4.74 Å². The van der Waals surface area contributed by atoms with Crippen LogP contribution in [0.4, 0.5) is 0 Å². The number of methoxy groups -OCH3 is 1. The Labute approximate surface area is 394 Å². The van der Waals surface area contributed by atoms with Crippen LogP contribution in [0.15, 0.2) is 0 Å². The van der Waals surface area contributed by atoms with Crippen molar-refractivity contribution in [2.75, 3.05) is 79.1 Å². The number of unbranched alkanes of at least 4 members (excludes halogenated alkanes) is 28. The normalized spacial score (nSPS) is 13.6. The van der Waals surface area contributed by atoms with Gasteiger partial charge in [-0.25, -0.2) is 0 Å². The van der Waals surface area contributed by atoms with Crippen LogP contribution in [0.3, 0.4) is 0 Å². The Kier molecular flexibility index (Phi) is 43.6. The zero-order valence-corrected chi connectivity index (χ0v) is 43.5. The van der Waals surface area contributed by atoms with E-state index in [-0.39, 0.29) is 5.97 Å². The number of likely N-dealkylation sites (tertiary alicyclic amines) is 1. The Morgan fingerprint density at radius 3 is 1.11 bits per heavy atom. The van der Waals surface area contributed by atoms with E-state index in [9.17, 15) is 9.59 Å². The summed E-state index contributed by atoms with van der Waals surface area (Å²) in [7, 11) is 1.49. The molecule has 1 aliphatic rings. The van der Waals surface area contributed by atoms with E-state index in [0.717, 1.165) is 51.5 Å². The molecule has 0 saturated carbocycles. The largest absolute Gasteiger partial charge is 0.469 e. The van der Waals surface area contributed by atoms with Gasteiger partial charge in [0.2, 0.25) is 5.91 Å². The lowest BCUT2D eigenvalue weighted by Crippen LogP contribution is -2.46. The summed E-state index contributed by atoms with van der Waals surface area (Å²) in [6.07, 6.45) is 48.0. The van der Waals surface area contributed by atoms with Gasteiger partial charge < -0.3 is 19.4 Å². The van der Waals surface area contributed by atoms with E-state index in [1.165, 1.54) is 258 Å². The van der Waals surface area contributed by atoms with Crippen molar-refractivity contribution in [1.82, 2.24) is 19.6 Å². The third kappa shape index (κ3) is 37.6. The smallest absolute Gasteiger partial charge is 0.305 e. The monoisotopic (exact) mass is 889 g/mol. The molecule has 1 rings (SSSR count). The van der Waals surface area contributed by atoms with Crippen LogP contribution in [0, 0.1) is 5.92 Å². The van der Waals surface area contributed by atoms with Crippen molar-refractivity contribution in [2.24, 2.45) is 5.92 Å². The predicted molar refractivity (Wildman–Crippen MR) is 275 cm³/mol. The number of nitrogens with zero attached hydrogens (tertiary/aromatic N) is 4. The molecule has 0 atom stereocenters. The third-order valence-corrected chi connectivity index (χ3v) is 14.3. The number of hydrogen-bond acceptors (Lipinski definition) is 6. The average Bonchev–Trinajstić information content (AvgIpc) is 3.30. The molecule has 7 heteroatoms. The maximum atomic E-state index is 14.0. The van der Waals surface area contributed by atoms with E-state index in [1.807, 2.05) is 0 Å². The van der Waals surface area contributed by atoms with Crippen molar-refractivity contribution >= 4 is 11.9 Å². The van der Waals surface area contributed by atoms with Gasteiger partial charge in [0, 0.05) is 32.6 Å². The fraction of sp³-hybridized carbons (Fsp3) is 0.964. The standard InChI is InChI=1S/C56H112N4O3/c1-6-10-14-18-22-28-34-43-57(44-35-32-26-27-33-39-56(62)63-5)48-40-54-41-49-60(50-42-54)55(61)53-59(47-38-31-25-21-17-13-9-4)52-51-58(45-36-29-23-19-15-11-7-2)46-37-30-24-20-16-12-8-3/h54H,6-53H2,1-5H3. The molecule has 0 aromatic heterocycles. The first-order valence-corrected chi connectivity index (χ1v) is 28.5. The molecule has 0 N–H and O–H groups in total. The predicted octanol–water partition coefficient (Wildman–Crippen LogP) is 15.0. The number of amides is 1. The fourth-order valence-electron chi connectivity index (χ4n) is 9.76. The van der Waals surface area contributed by atoms with Crippen LogP contribution in [-0.2, 0) is 14.3 Å². The Morgan fingerprint density at radius 2 is 0.730 bits per heavy atom. The molecule has 0 spiro atoms. The van der Waals surface area contributed by atoms with Gasteiger partial charge in [-0.1, -0.05) is 201 Å². The Bertz CT molecular complexity index is 954. The van der Waals surface area contributed by atoms with Crippen molar-refractivity contribution in [3.05, 3.63) is 0 Å². The second kappa shape index (κ2) is 46.0. The van der Waals surface area contributed by atoms with E-state index < -0.39 is 0 Å². The first kappa shape index (κ1) is 59.8. The number of piperidine rings is 1. The first-order valence-electron chi connectivity index (χ1n) is 28.5. The van der Waals surface area contributed by atoms with Gasteiger partial charge in [-0.2, -0.15) is 0 Å². The number of carbonyl (C=O) groups excluding carboxylic acids is 2. The lowest BCUT2D eigenvalue weighted by atomic mass is 9.93. The lowest BCUT2D eigenvalue weighted by Gasteiger charge is -2.35. The molecule has 0 aromatic carbocycles. The van der Waals surface area contributed by atoms with Crippen LogP contribution in [0.25, 0.3) is 0 Å². The minimum Gasteiger partial charge on any atom is -0.469 e. The molecule has 1 heterocycles. The summed E-state index contributed by atoms with van der Waals surface area (Å²) in [5.74, 6) is 1.04. The van der Waals surface area contributed by atoms with Crippen LogP contribution in [-0.4, -0.2) is 111 Å². The Hall–Kier alpha value is -1.18. The van der Waals surface area contributed by atoms with E-state index in [0.29, 0.717) is 18.9 Å². The summed E-state index contributed by atoms with van der Waals surface area (Å²) >= 11 is 0. The fourth-order valence-corrected chi connectivity index (χ4v) is 9.76. The second-order valence-corrected chi connectivity index (χ2v) is 20.2. The number of hydrogen-bond donors (Lipinski definition) is 0. The molecule has 1 fully saturated rings. The molecule has 0 bridgehead atoms. The highest BCUT2D eigenvalue weighted by Gasteiger charge is 2.25. The van der Waals surface area contributed by atoms with Gasteiger partial charge in [-0.15, -0.1) is 0 Å². The number of esters is 1. The highest BCUT2D eigenvalue weighted by molar-refractivity contribution is 5.78. The van der Waals surface area contributed by atoms with Crippen molar-refractivity contribution in [3.8, 4) is 0 Å². The molecule has 0 aliphatic carbocycles. The average molecular weight is 890 g/mol. The van der Waals surface area contributed by atoms with Crippen LogP contribution < -0.4 is 0 Å². The van der Waals surface area contributed by atoms with Crippen LogP contribution in [0.5, 0.6) is 0 Å². The highest BCUT2D eigenvalue weighted by Crippen LogP contribution is 2.22. The maximum Gasteiger partial charge on any atom is 0.305 e. The number of carbonyl (C=O) groups is 2. The van der Waals surface area contributed by atoms with Gasteiger partial charge in [0.1, 0.15) is 0 Å². The van der Waals surface area contributed by atoms with E-state index in [2.05, 4.69) is 47.3 Å². The molecule has 7 nitrogen and oxygen atoms in total. The molecular formula is C56H112N4O3. The van der Waals surface area contributed by atoms with Crippen LogP contribution in [0.2, 0.25) is 0 Å². The molecule has 1 aliphatic heterocycles. The van der Waals surface area contributed by atoms with Gasteiger partial charge in [0.05, 0.1) is 13.7 Å². The second-order valence-electron chi connectivity index (χ2n) is 20.2. The molecule has 63 heavy (non-hydrogen) atoms. The zero-order valence-electron chi connectivity index (χ0n) is 43.5. The van der Waals surface area contributed by atoms with Crippen molar-refractivity contribution in [3.63, 3.8) is 0 Å². The topological polar surface area (TPSA) is 56.3 Å². The summed E-state index contributed by atoms with van der Waals surface area (Å²) in [6, 6.07) is 0. The first-order chi connectivity index (χ1) is 31.0. The Balaban J connectivity index is 2.71. The van der Waals surface area contributed by atoms with Crippen molar-refractivity contribution < 1.29 is 14.3 Å². The molecular weight excluding hydrogens is 777 g/mol. The van der Waals surface area contributed by atoms with Gasteiger partial charge in [-0.3, -0.25) is 14.5 Å². The summed E-state index contributed by atoms with van der Waals surface area (Å²) in [6.45, 7) is 21.0. The van der Waals surface area contributed by atoms with Gasteiger partial charge in [-0.05, 0) is 103 Å². The quantitative estimate of drug-likeness (QED) is 0.0448. The van der Waals surface area contributed by atoms with Gasteiger partial charge >= 0.3 is 5.97 Å². The molecule has 0 radical (unpaired) electrons. The number of rotatable bonds is 48. The van der Waals surface area contributed by atoms with E-state index in [1.54, 1.807) is 0 Å². The highest BCUT2D eigenvalue weighted by atomic mass is 16.5. The third-order valence-electron chi connectivity index (χ3n) is 14.3. The molecule has 1 amide bonds. The summed E-state index contributed by atoms with van der Waals surface area (Å²) < 4.78 is 4.81. The Morgan fingerprint density at radius 1 is 0.413 bits per heavy atom. The SMILES string of the molecule is CCCCCCCCCN(CCCCCCCC(=O)OC)CCC1CCN(C(=O)CN(CCCCCCCCC)CCN(CCCCCCCCC)CCCCCCCCC)CC1. The van der Waals surface area contributed by atoms with Gasteiger partial charge in [0.25, 0.3) is 0 Å². The molecule has 0 unspecified atom stereocenters. The minimum absolute atomic E-state index is 0.0768. The van der Waals surface area contributed by atoms with Crippen molar-refractivity contribution in [2.45, 2.75) is 265 Å². The lowest BCUT2D eigenvalue weighted by molar-refractivity contribution is -0.140. The summed E-state index contributed by atoms with van der Waals surface area (Å²) in [5, 5.41) is 0. The zero-order chi connectivity index (χ0) is 45.7. The van der Waals surface area contributed by atoms with Crippen LogP contribution in [0.1, 0.15) is 265 Å². The minimum atomic E-state index is -0.0768. The van der Waals surface area contributed by atoms with Gasteiger partial charge in [0.15, 0.2) is 0 Å². The molecule has 0 aromatic rings. The van der Waals surface area contributed by atoms with Crippen molar-refractivity contribution in [1.29, 1.82) is 0 Å². The van der Waals surface area contributed by atoms with E-state index >= 15 is 0 Å². The molecule has 374 valence electrons. The number of ether oxygens (including phenoxy) is 1.